The van der Waals surface area contributed by atoms with Crippen molar-refractivity contribution in [3.05, 3.63) is 0 Å². The van der Waals surface area contributed by atoms with E-state index in [-0.39, 0.29) is 0 Å². The molecule has 0 radical (unpaired) electrons. The smallest absolute Gasteiger partial charge is 0.0194 e. The number of hydrogen-bond donors (Lipinski definition) is 0. The Labute approximate surface area is 70.4 Å². The molecule has 0 nitrogen and oxygen atoms in total. The minimum Gasteiger partial charge on any atom is -0.0619 e. The molecule has 4 atom stereocenters. The van der Waals surface area contributed by atoms with Gasteiger partial charge in [-0.15, -0.1) is 0 Å². The maximum Gasteiger partial charge on any atom is -0.0194 e. The Morgan fingerprint density at radius 3 is 1.09 bits per heavy atom. The van der Waals surface area contributed by atoms with E-state index < -0.39 is 0 Å². The van der Waals surface area contributed by atoms with E-state index in [1.807, 2.05) is 0 Å². The Balaban J connectivity index is 2.20. The molecule has 2 saturated carbocycles. The van der Waals surface area contributed by atoms with Gasteiger partial charge in [0.1, 0.15) is 0 Å². The predicted molar refractivity (Wildman–Crippen MR) is 48.3 cm³/mol. The minimum atomic E-state index is 0.778. The molecule has 64 valence electrons. The molecule has 2 fully saturated rings. The lowest BCUT2D eigenvalue weighted by Crippen LogP contribution is -2.61. The second-order valence-corrected chi connectivity index (χ2v) is 5.08. The molecule has 0 amide bonds. The van der Waals surface area contributed by atoms with Crippen molar-refractivity contribution in [2.75, 3.05) is 0 Å². The first-order valence-electron chi connectivity index (χ1n) is 5.10. The Hall–Kier alpha value is 0. The summed E-state index contributed by atoms with van der Waals surface area (Å²) in [6.45, 7) is 9.80. The summed E-state index contributed by atoms with van der Waals surface area (Å²) in [6, 6.07) is 0. The standard InChI is InChI=1S/C11H20/c1-7-5-8(2)11(7)9(3)6-10(11)4/h7-10H,5-6H2,1-4H3. The zero-order valence-corrected chi connectivity index (χ0v) is 8.22. The monoisotopic (exact) mass is 152 g/mol. The van der Waals surface area contributed by atoms with Crippen molar-refractivity contribution in [1.29, 1.82) is 0 Å². The third-order valence-corrected chi connectivity index (χ3v) is 4.83. The van der Waals surface area contributed by atoms with Gasteiger partial charge >= 0.3 is 0 Å². The molecule has 0 aromatic heterocycles. The van der Waals surface area contributed by atoms with Gasteiger partial charge in [-0.25, -0.2) is 0 Å². The molecule has 0 aliphatic heterocycles. The predicted octanol–water partition coefficient (Wildman–Crippen LogP) is 3.32. The van der Waals surface area contributed by atoms with Crippen LogP contribution in [0.5, 0.6) is 0 Å². The van der Waals surface area contributed by atoms with Crippen LogP contribution in [0, 0.1) is 29.1 Å². The third-order valence-electron chi connectivity index (χ3n) is 4.83. The van der Waals surface area contributed by atoms with Gasteiger partial charge in [-0.1, -0.05) is 27.7 Å². The van der Waals surface area contributed by atoms with Crippen molar-refractivity contribution in [2.24, 2.45) is 29.1 Å². The normalized spacial score (nSPS) is 62.2. The maximum absolute atomic E-state index is 2.45. The van der Waals surface area contributed by atoms with Crippen molar-refractivity contribution in [3.63, 3.8) is 0 Å². The lowest BCUT2D eigenvalue weighted by atomic mass is 9.37. The van der Waals surface area contributed by atoms with Crippen molar-refractivity contribution in [1.82, 2.24) is 0 Å². The van der Waals surface area contributed by atoms with E-state index in [9.17, 15) is 0 Å². The fourth-order valence-electron chi connectivity index (χ4n) is 4.47. The highest BCUT2D eigenvalue weighted by atomic mass is 14.7. The highest BCUT2D eigenvalue weighted by molar-refractivity contribution is 5.10. The Morgan fingerprint density at radius 2 is 1.00 bits per heavy atom. The van der Waals surface area contributed by atoms with Crippen LogP contribution in [0.2, 0.25) is 0 Å². The van der Waals surface area contributed by atoms with Crippen LogP contribution in [0.15, 0.2) is 0 Å². The summed E-state index contributed by atoms with van der Waals surface area (Å²) >= 11 is 0. The van der Waals surface area contributed by atoms with Crippen molar-refractivity contribution in [3.8, 4) is 0 Å². The van der Waals surface area contributed by atoms with E-state index in [1.54, 1.807) is 0 Å². The second-order valence-electron chi connectivity index (χ2n) is 5.08. The molecule has 4 unspecified atom stereocenters. The summed E-state index contributed by atoms with van der Waals surface area (Å²) in [6.07, 6.45) is 2.96. The highest BCUT2D eigenvalue weighted by Gasteiger charge is 2.62. The molecule has 0 N–H and O–H groups in total. The van der Waals surface area contributed by atoms with Gasteiger partial charge in [-0.05, 0) is 41.9 Å². The van der Waals surface area contributed by atoms with Crippen LogP contribution in [-0.4, -0.2) is 0 Å². The van der Waals surface area contributed by atoms with Gasteiger partial charge < -0.3 is 0 Å². The third kappa shape index (κ3) is 0.625. The molecule has 1 spiro atoms. The van der Waals surface area contributed by atoms with E-state index in [0.29, 0.717) is 0 Å². The molecule has 2 aliphatic rings. The fourth-order valence-corrected chi connectivity index (χ4v) is 4.47. The molecule has 0 heterocycles. The van der Waals surface area contributed by atoms with Gasteiger partial charge in [0.25, 0.3) is 0 Å². The van der Waals surface area contributed by atoms with Crippen LogP contribution >= 0.6 is 0 Å². The lowest BCUT2D eigenvalue weighted by Gasteiger charge is -2.68. The quantitative estimate of drug-likeness (QED) is 0.499. The summed E-state index contributed by atoms with van der Waals surface area (Å²) in [5, 5.41) is 0. The van der Waals surface area contributed by atoms with Gasteiger partial charge in [0.05, 0.1) is 0 Å². The van der Waals surface area contributed by atoms with E-state index in [1.165, 1.54) is 12.8 Å². The molecule has 2 aliphatic carbocycles. The van der Waals surface area contributed by atoms with Gasteiger partial charge in [0.15, 0.2) is 0 Å². The Kier molecular flexibility index (Phi) is 1.41. The van der Waals surface area contributed by atoms with Gasteiger partial charge in [0, 0.05) is 0 Å². The average Bonchev–Trinajstić information content (AvgIpc) is 1.86. The molecule has 2 rings (SSSR count). The first-order valence-corrected chi connectivity index (χ1v) is 5.10. The largest absolute Gasteiger partial charge is 0.0619 e. The number of rotatable bonds is 0. The summed E-state index contributed by atoms with van der Waals surface area (Å²) < 4.78 is 0. The second kappa shape index (κ2) is 2.02. The van der Waals surface area contributed by atoms with Crippen LogP contribution in [0.3, 0.4) is 0 Å². The summed E-state index contributed by atoms with van der Waals surface area (Å²) in [5.41, 5.74) is 0.778. The molecule has 0 aromatic rings. The zero-order valence-electron chi connectivity index (χ0n) is 8.22. The molecular weight excluding hydrogens is 132 g/mol. The highest BCUT2D eigenvalue weighted by Crippen LogP contribution is 2.68. The van der Waals surface area contributed by atoms with Crippen molar-refractivity contribution < 1.29 is 0 Å². The van der Waals surface area contributed by atoms with E-state index in [0.717, 1.165) is 29.1 Å². The Morgan fingerprint density at radius 1 is 0.727 bits per heavy atom. The molecule has 0 aromatic carbocycles. The maximum atomic E-state index is 2.45. The molecular formula is C11H20. The van der Waals surface area contributed by atoms with Crippen LogP contribution in [0.1, 0.15) is 40.5 Å². The summed E-state index contributed by atoms with van der Waals surface area (Å²) in [5.74, 6) is 4.04. The fraction of sp³-hybridized carbons (Fsp3) is 1.00. The van der Waals surface area contributed by atoms with Crippen LogP contribution in [0.4, 0.5) is 0 Å². The van der Waals surface area contributed by atoms with Crippen molar-refractivity contribution >= 4 is 0 Å². The van der Waals surface area contributed by atoms with E-state index >= 15 is 0 Å². The first-order chi connectivity index (χ1) is 5.10. The van der Waals surface area contributed by atoms with Gasteiger partial charge in [-0.3, -0.25) is 0 Å². The number of hydrogen-bond acceptors (Lipinski definition) is 0. The van der Waals surface area contributed by atoms with Gasteiger partial charge in [0.2, 0.25) is 0 Å². The minimum absolute atomic E-state index is 0.778. The molecule has 0 bridgehead atoms. The van der Waals surface area contributed by atoms with E-state index in [4.69, 9.17) is 0 Å². The van der Waals surface area contributed by atoms with Crippen molar-refractivity contribution in [2.45, 2.75) is 40.5 Å². The van der Waals surface area contributed by atoms with Crippen LogP contribution in [-0.2, 0) is 0 Å². The summed E-state index contributed by atoms with van der Waals surface area (Å²) in [4.78, 5) is 0. The topological polar surface area (TPSA) is 0 Å². The molecule has 11 heavy (non-hydrogen) atoms. The van der Waals surface area contributed by atoms with E-state index in [2.05, 4.69) is 27.7 Å². The average molecular weight is 152 g/mol. The lowest BCUT2D eigenvalue weighted by molar-refractivity contribution is -0.196. The Bertz CT molecular complexity index is 131. The van der Waals surface area contributed by atoms with Crippen LogP contribution in [0.25, 0.3) is 0 Å². The summed E-state index contributed by atoms with van der Waals surface area (Å²) in [7, 11) is 0. The SMILES string of the molecule is CC1CC(C)C12C(C)CC2C. The zero-order chi connectivity index (χ0) is 8.22. The molecule has 0 saturated heterocycles. The van der Waals surface area contributed by atoms with Crippen LogP contribution < -0.4 is 0 Å². The van der Waals surface area contributed by atoms with Gasteiger partial charge in [-0.2, -0.15) is 0 Å². The first kappa shape index (κ1) is 7.64. The molecule has 0 heteroatoms.